The van der Waals surface area contributed by atoms with E-state index in [0.717, 1.165) is 11.1 Å². The molecule has 0 fully saturated rings. The lowest BCUT2D eigenvalue weighted by Crippen LogP contribution is -2.12. The number of allylic oxidation sites excluding steroid dienone is 5. The summed E-state index contributed by atoms with van der Waals surface area (Å²) in [6.45, 7) is 17.2. The Labute approximate surface area is 116 Å². The first-order valence-corrected chi connectivity index (χ1v) is 6.23. The number of rotatable bonds is 8. The first-order chi connectivity index (χ1) is 8.87. The molecule has 0 bridgehead atoms. The molecule has 0 saturated heterocycles. The minimum absolute atomic E-state index is 0.147. The van der Waals surface area contributed by atoms with Crippen LogP contribution in [0, 0.1) is 0 Å². The molecule has 19 heavy (non-hydrogen) atoms. The highest BCUT2D eigenvalue weighted by atomic mass is 16.5. The van der Waals surface area contributed by atoms with Crippen molar-refractivity contribution in [3.8, 4) is 0 Å². The van der Waals surface area contributed by atoms with Crippen LogP contribution < -0.4 is 0 Å². The van der Waals surface area contributed by atoms with Gasteiger partial charge in [-0.15, -0.1) is 0 Å². The van der Waals surface area contributed by atoms with E-state index in [1.807, 2.05) is 20.8 Å². The van der Waals surface area contributed by atoms with Gasteiger partial charge in [0, 0.05) is 19.1 Å². The van der Waals surface area contributed by atoms with Gasteiger partial charge in [0.25, 0.3) is 0 Å². The van der Waals surface area contributed by atoms with E-state index in [1.165, 1.54) is 17.7 Å². The Morgan fingerprint density at radius 3 is 2.11 bits per heavy atom. The lowest BCUT2D eigenvalue weighted by atomic mass is 9.96. The molecule has 0 N–H and O–H groups in total. The van der Waals surface area contributed by atoms with Crippen molar-refractivity contribution in [3.05, 3.63) is 60.3 Å². The first-order valence-electron chi connectivity index (χ1n) is 6.23. The number of ketones is 1. The standard InChI is InChI=1S/C17H24O2/c1-8-14(17(18)9-2)10-15(19-7)11-16(12(3)4)13(5)6/h8-10,15H,1-3,11H2,4-7H3/b14-10-. The molecule has 0 amide bonds. The van der Waals surface area contributed by atoms with Crippen LogP contribution in [0.15, 0.2) is 60.3 Å². The molecule has 1 unspecified atom stereocenters. The van der Waals surface area contributed by atoms with E-state index >= 15 is 0 Å². The van der Waals surface area contributed by atoms with Crippen molar-refractivity contribution in [2.75, 3.05) is 7.11 Å². The van der Waals surface area contributed by atoms with Gasteiger partial charge in [0.1, 0.15) is 0 Å². The van der Waals surface area contributed by atoms with Gasteiger partial charge in [0.15, 0.2) is 5.78 Å². The highest BCUT2D eigenvalue weighted by molar-refractivity contribution is 6.05. The van der Waals surface area contributed by atoms with Crippen molar-refractivity contribution in [2.45, 2.75) is 33.3 Å². The van der Waals surface area contributed by atoms with E-state index < -0.39 is 0 Å². The Balaban J connectivity index is 5.24. The Bertz CT molecular complexity index is 432. The molecular formula is C17H24O2. The Hall–Kier alpha value is -1.67. The average molecular weight is 260 g/mol. The summed E-state index contributed by atoms with van der Waals surface area (Å²) in [6.07, 6.45) is 5.09. The lowest BCUT2D eigenvalue weighted by molar-refractivity contribution is -0.111. The Kier molecular flexibility index (Phi) is 7.69. The van der Waals surface area contributed by atoms with Crippen LogP contribution in [-0.4, -0.2) is 19.0 Å². The third-order valence-electron chi connectivity index (χ3n) is 2.88. The minimum atomic E-state index is -0.182. The van der Waals surface area contributed by atoms with E-state index in [0.29, 0.717) is 12.0 Å². The van der Waals surface area contributed by atoms with Gasteiger partial charge in [0.2, 0.25) is 0 Å². The molecule has 0 aromatic heterocycles. The van der Waals surface area contributed by atoms with Gasteiger partial charge in [-0.2, -0.15) is 0 Å². The van der Waals surface area contributed by atoms with Gasteiger partial charge in [-0.3, -0.25) is 4.79 Å². The summed E-state index contributed by atoms with van der Waals surface area (Å²) in [5.74, 6) is -0.147. The number of hydrogen-bond donors (Lipinski definition) is 0. The third kappa shape index (κ3) is 5.66. The summed E-state index contributed by atoms with van der Waals surface area (Å²) in [7, 11) is 1.63. The molecular weight excluding hydrogens is 236 g/mol. The van der Waals surface area contributed by atoms with E-state index in [4.69, 9.17) is 4.74 Å². The summed E-state index contributed by atoms with van der Waals surface area (Å²) in [5.41, 5.74) is 3.90. The highest BCUT2D eigenvalue weighted by Gasteiger charge is 2.12. The normalized spacial score (nSPS) is 12.5. The van der Waals surface area contributed by atoms with Crippen molar-refractivity contribution in [1.82, 2.24) is 0 Å². The largest absolute Gasteiger partial charge is 0.377 e. The molecule has 0 aromatic carbocycles. The molecule has 0 aliphatic rings. The number of carbonyl (C=O) groups excluding carboxylic acids is 1. The second-order valence-corrected chi connectivity index (χ2v) is 4.63. The van der Waals surface area contributed by atoms with Gasteiger partial charge >= 0.3 is 0 Å². The lowest BCUT2D eigenvalue weighted by Gasteiger charge is -2.16. The van der Waals surface area contributed by atoms with Crippen molar-refractivity contribution in [2.24, 2.45) is 0 Å². The maximum atomic E-state index is 11.6. The molecule has 1 atom stereocenters. The fourth-order valence-electron chi connectivity index (χ4n) is 1.79. The van der Waals surface area contributed by atoms with Crippen molar-refractivity contribution < 1.29 is 9.53 Å². The molecule has 2 heteroatoms. The molecule has 0 saturated carbocycles. The van der Waals surface area contributed by atoms with Crippen molar-refractivity contribution in [3.63, 3.8) is 0 Å². The fraction of sp³-hybridized carbons (Fsp3) is 0.353. The molecule has 2 nitrogen and oxygen atoms in total. The van der Waals surface area contributed by atoms with Crippen LogP contribution in [-0.2, 0) is 9.53 Å². The molecule has 0 aliphatic heterocycles. The summed E-state index contributed by atoms with van der Waals surface area (Å²) < 4.78 is 5.42. The molecule has 0 radical (unpaired) electrons. The van der Waals surface area contributed by atoms with Crippen LogP contribution in [0.3, 0.4) is 0 Å². The summed E-state index contributed by atoms with van der Waals surface area (Å²) in [5, 5.41) is 0. The maximum absolute atomic E-state index is 11.6. The predicted molar refractivity (Wildman–Crippen MR) is 82.1 cm³/mol. The van der Waals surface area contributed by atoms with E-state index in [-0.39, 0.29) is 11.9 Å². The van der Waals surface area contributed by atoms with Crippen LogP contribution >= 0.6 is 0 Å². The summed E-state index contributed by atoms with van der Waals surface area (Å²) in [4.78, 5) is 11.6. The van der Waals surface area contributed by atoms with Crippen molar-refractivity contribution >= 4 is 5.78 Å². The third-order valence-corrected chi connectivity index (χ3v) is 2.88. The smallest absolute Gasteiger partial charge is 0.184 e. The maximum Gasteiger partial charge on any atom is 0.184 e. The average Bonchev–Trinajstić information content (AvgIpc) is 2.37. The monoisotopic (exact) mass is 260 g/mol. The quantitative estimate of drug-likeness (QED) is 0.483. The molecule has 0 rings (SSSR count). The van der Waals surface area contributed by atoms with Crippen molar-refractivity contribution in [1.29, 1.82) is 0 Å². The molecule has 0 aliphatic carbocycles. The van der Waals surface area contributed by atoms with Gasteiger partial charge in [-0.1, -0.05) is 37.0 Å². The van der Waals surface area contributed by atoms with Crippen LogP contribution in [0.5, 0.6) is 0 Å². The zero-order valence-corrected chi connectivity index (χ0v) is 12.5. The Morgan fingerprint density at radius 1 is 1.21 bits per heavy atom. The van der Waals surface area contributed by atoms with Gasteiger partial charge in [0.05, 0.1) is 6.10 Å². The van der Waals surface area contributed by atoms with E-state index in [9.17, 15) is 4.79 Å². The topological polar surface area (TPSA) is 26.3 Å². The molecule has 0 spiro atoms. The van der Waals surface area contributed by atoms with Gasteiger partial charge < -0.3 is 4.74 Å². The first kappa shape index (κ1) is 17.3. The number of hydrogen-bond acceptors (Lipinski definition) is 2. The highest BCUT2D eigenvalue weighted by Crippen LogP contribution is 2.21. The predicted octanol–water partition coefficient (Wildman–Crippen LogP) is 4.17. The fourth-order valence-corrected chi connectivity index (χ4v) is 1.79. The molecule has 0 aromatic rings. The van der Waals surface area contributed by atoms with E-state index in [2.05, 4.69) is 19.7 Å². The van der Waals surface area contributed by atoms with E-state index in [1.54, 1.807) is 13.2 Å². The van der Waals surface area contributed by atoms with Crippen LogP contribution in [0.1, 0.15) is 27.2 Å². The molecule has 104 valence electrons. The number of methoxy groups -OCH3 is 1. The van der Waals surface area contributed by atoms with Crippen LogP contribution in [0.4, 0.5) is 0 Å². The second-order valence-electron chi connectivity index (χ2n) is 4.63. The van der Waals surface area contributed by atoms with Crippen LogP contribution in [0.2, 0.25) is 0 Å². The minimum Gasteiger partial charge on any atom is -0.377 e. The zero-order valence-electron chi connectivity index (χ0n) is 12.5. The summed E-state index contributed by atoms with van der Waals surface area (Å²) in [6, 6.07) is 0. The Morgan fingerprint density at radius 2 is 1.79 bits per heavy atom. The number of carbonyl (C=O) groups is 1. The SMILES string of the molecule is C=CC(=O)/C(C=C)=C\C(CC(C(=C)C)=C(C)C)OC. The zero-order chi connectivity index (χ0) is 15.0. The van der Waals surface area contributed by atoms with Gasteiger partial charge in [-0.25, -0.2) is 0 Å². The number of ether oxygens (including phenoxy) is 1. The summed E-state index contributed by atoms with van der Waals surface area (Å²) >= 11 is 0. The second kappa shape index (κ2) is 8.44. The van der Waals surface area contributed by atoms with Gasteiger partial charge in [-0.05, 0) is 38.5 Å². The van der Waals surface area contributed by atoms with Crippen LogP contribution in [0.25, 0.3) is 0 Å². The molecule has 0 heterocycles.